The van der Waals surface area contributed by atoms with Crippen molar-refractivity contribution in [3.05, 3.63) is 77.5 Å². The van der Waals surface area contributed by atoms with Crippen LogP contribution in [0.3, 0.4) is 0 Å². The molecule has 0 fully saturated rings. The van der Waals surface area contributed by atoms with E-state index in [4.69, 9.17) is 11.6 Å². The molecule has 1 amide bonds. The van der Waals surface area contributed by atoms with E-state index in [9.17, 15) is 4.79 Å². The van der Waals surface area contributed by atoms with Gasteiger partial charge in [-0.3, -0.25) is 4.79 Å². The van der Waals surface area contributed by atoms with Gasteiger partial charge in [0.1, 0.15) is 18.3 Å². The third kappa shape index (κ3) is 2.95. The molecule has 7 heteroatoms. The Kier molecular flexibility index (Phi) is 4.18. The van der Waals surface area contributed by atoms with Crippen molar-refractivity contribution in [3.63, 3.8) is 0 Å². The van der Waals surface area contributed by atoms with Gasteiger partial charge in [-0.05, 0) is 30.7 Å². The van der Waals surface area contributed by atoms with Gasteiger partial charge in [0.15, 0.2) is 0 Å². The van der Waals surface area contributed by atoms with E-state index in [2.05, 4.69) is 20.4 Å². The minimum absolute atomic E-state index is 0.172. The molecule has 2 heterocycles. The number of fused-ring (bicyclic) bond motifs is 1. The highest BCUT2D eigenvalue weighted by atomic mass is 35.5. The molecule has 26 heavy (non-hydrogen) atoms. The standard InChI is InChI=1S/C19H16ClN5O/c1-12(13-6-8-14(9-7-13)25-11-21-10-22-25)23-19(26)18-17(20)15-4-2-3-5-16(15)24-18/h2-12,24H,1H3,(H,23,26). The third-order valence-electron chi connectivity index (χ3n) is 4.29. The summed E-state index contributed by atoms with van der Waals surface area (Å²) in [4.78, 5) is 19.6. The number of amides is 1. The van der Waals surface area contributed by atoms with E-state index in [1.54, 1.807) is 11.0 Å². The fraction of sp³-hybridized carbons (Fsp3) is 0.105. The van der Waals surface area contributed by atoms with Gasteiger partial charge in [0.25, 0.3) is 5.91 Å². The van der Waals surface area contributed by atoms with Crippen LogP contribution in [0, 0.1) is 0 Å². The van der Waals surface area contributed by atoms with Crippen molar-refractivity contribution >= 4 is 28.4 Å². The van der Waals surface area contributed by atoms with Crippen LogP contribution in [-0.2, 0) is 0 Å². The van der Waals surface area contributed by atoms with Crippen LogP contribution in [-0.4, -0.2) is 25.7 Å². The summed E-state index contributed by atoms with van der Waals surface area (Å²) in [7, 11) is 0. The van der Waals surface area contributed by atoms with E-state index >= 15 is 0 Å². The first-order valence-corrected chi connectivity index (χ1v) is 8.53. The molecule has 0 saturated heterocycles. The monoisotopic (exact) mass is 365 g/mol. The summed E-state index contributed by atoms with van der Waals surface area (Å²) >= 11 is 6.35. The van der Waals surface area contributed by atoms with Gasteiger partial charge in [-0.1, -0.05) is 41.9 Å². The molecule has 4 rings (SSSR count). The molecule has 0 spiro atoms. The van der Waals surface area contributed by atoms with Gasteiger partial charge in [0, 0.05) is 10.9 Å². The van der Waals surface area contributed by atoms with E-state index in [0.29, 0.717) is 10.7 Å². The van der Waals surface area contributed by atoms with Crippen molar-refractivity contribution in [2.24, 2.45) is 0 Å². The molecular formula is C19H16ClN5O. The number of carbonyl (C=O) groups excluding carboxylic acids is 1. The van der Waals surface area contributed by atoms with Crippen molar-refractivity contribution in [1.29, 1.82) is 0 Å². The Labute approximate surface area is 154 Å². The number of H-pyrrole nitrogens is 1. The number of rotatable bonds is 4. The average Bonchev–Trinajstić information content (AvgIpc) is 3.31. The highest BCUT2D eigenvalue weighted by Crippen LogP contribution is 2.27. The number of aromatic amines is 1. The summed E-state index contributed by atoms with van der Waals surface area (Å²) in [6.07, 6.45) is 3.12. The number of para-hydroxylation sites is 1. The van der Waals surface area contributed by atoms with Gasteiger partial charge in [-0.25, -0.2) is 9.67 Å². The van der Waals surface area contributed by atoms with Crippen LogP contribution >= 0.6 is 11.6 Å². The lowest BCUT2D eigenvalue weighted by molar-refractivity contribution is 0.0936. The maximum Gasteiger partial charge on any atom is 0.269 e. The van der Waals surface area contributed by atoms with Crippen molar-refractivity contribution in [2.45, 2.75) is 13.0 Å². The predicted octanol–water partition coefficient (Wildman–Crippen LogP) is 3.89. The topological polar surface area (TPSA) is 75.6 Å². The first-order valence-electron chi connectivity index (χ1n) is 8.15. The SMILES string of the molecule is CC(NC(=O)c1[nH]c2ccccc2c1Cl)c1ccc(-n2cncn2)cc1. The summed E-state index contributed by atoms with van der Waals surface area (Å²) < 4.78 is 1.68. The van der Waals surface area contributed by atoms with Crippen LogP contribution in [0.1, 0.15) is 29.0 Å². The zero-order valence-corrected chi connectivity index (χ0v) is 14.7. The lowest BCUT2D eigenvalue weighted by Gasteiger charge is -2.14. The van der Waals surface area contributed by atoms with E-state index in [-0.39, 0.29) is 11.9 Å². The van der Waals surface area contributed by atoms with Gasteiger partial charge in [-0.15, -0.1) is 0 Å². The Hall–Kier alpha value is -3.12. The molecular weight excluding hydrogens is 350 g/mol. The smallest absolute Gasteiger partial charge is 0.269 e. The molecule has 2 aromatic heterocycles. The highest BCUT2D eigenvalue weighted by molar-refractivity contribution is 6.38. The number of carbonyl (C=O) groups is 1. The Morgan fingerprint density at radius 3 is 2.65 bits per heavy atom. The van der Waals surface area contributed by atoms with E-state index in [1.165, 1.54) is 6.33 Å². The van der Waals surface area contributed by atoms with Crippen LogP contribution in [0.5, 0.6) is 0 Å². The number of hydrogen-bond acceptors (Lipinski definition) is 3. The van der Waals surface area contributed by atoms with Gasteiger partial charge < -0.3 is 10.3 Å². The van der Waals surface area contributed by atoms with Gasteiger partial charge in [0.05, 0.1) is 16.8 Å². The molecule has 4 aromatic rings. The molecule has 130 valence electrons. The van der Waals surface area contributed by atoms with E-state index in [1.807, 2.05) is 55.5 Å². The molecule has 2 aromatic carbocycles. The highest BCUT2D eigenvalue weighted by Gasteiger charge is 2.18. The zero-order valence-electron chi connectivity index (χ0n) is 14.0. The van der Waals surface area contributed by atoms with E-state index < -0.39 is 0 Å². The molecule has 0 aliphatic heterocycles. The van der Waals surface area contributed by atoms with Crippen molar-refractivity contribution < 1.29 is 4.79 Å². The Morgan fingerprint density at radius 1 is 1.19 bits per heavy atom. The second kappa shape index (κ2) is 6.65. The zero-order chi connectivity index (χ0) is 18.1. The quantitative estimate of drug-likeness (QED) is 0.576. The van der Waals surface area contributed by atoms with Crippen LogP contribution < -0.4 is 5.32 Å². The molecule has 6 nitrogen and oxygen atoms in total. The van der Waals surface area contributed by atoms with Crippen molar-refractivity contribution in [1.82, 2.24) is 25.1 Å². The molecule has 0 bridgehead atoms. The minimum Gasteiger partial charge on any atom is -0.349 e. The summed E-state index contributed by atoms with van der Waals surface area (Å²) in [5.41, 5.74) is 3.10. The number of nitrogens with one attached hydrogen (secondary N) is 2. The van der Waals surface area contributed by atoms with Gasteiger partial charge >= 0.3 is 0 Å². The van der Waals surface area contributed by atoms with Crippen molar-refractivity contribution in [3.8, 4) is 5.69 Å². The first kappa shape index (κ1) is 16.4. The van der Waals surface area contributed by atoms with Crippen LogP contribution in [0.2, 0.25) is 5.02 Å². The molecule has 1 unspecified atom stereocenters. The van der Waals surface area contributed by atoms with Crippen LogP contribution in [0.15, 0.2) is 61.2 Å². The van der Waals surface area contributed by atoms with Crippen LogP contribution in [0.25, 0.3) is 16.6 Å². The number of nitrogens with zero attached hydrogens (tertiary/aromatic N) is 3. The molecule has 0 radical (unpaired) electrons. The number of aromatic nitrogens is 4. The molecule has 0 saturated carbocycles. The second-order valence-corrected chi connectivity index (χ2v) is 6.36. The fourth-order valence-electron chi connectivity index (χ4n) is 2.87. The fourth-order valence-corrected chi connectivity index (χ4v) is 3.17. The number of benzene rings is 2. The Bertz CT molecular complexity index is 1050. The Balaban J connectivity index is 1.52. The summed E-state index contributed by atoms with van der Waals surface area (Å²) in [6, 6.07) is 15.2. The van der Waals surface area contributed by atoms with Crippen molar-refractivity contribution in [2.75, 3.05) is 0 Å². The maximum atomic E-state index is 12.6. The second-order valence-electron chi connectivity index (χ2n) is 5.99. The number of hydrogen-bond donors (Lipinski definition) is 2. The molecule has 0 aliphatic carbocycles. The largest absolute Gasteiger partial charge is 0.349 e. The number of halogens is 1. The third-order valence-corrected chi connectivity index (χ3v) is 4.69. The molecule has 2 N–H and O–H groups in total. The first-order chi connectivity index (χ1) is 12.6. The summed E-state index contributed by atoms with van der Waals surface area (Å²) in [6.45, 7) is 1.93. The van der Waals surface area contributed by atoms with Crippen LogP contribution in [0.4, 0.5) is 0 Å². The normalized spacial score (nSPS) is 12.2. The lowest BCUT2D eigenvalue weighted by atomic mass is 10.1. The van der Waals surface area contributed by atoms with E-state index in [0.717, 1.165) is 22.2 Å². The maximum absolute atomic E-state index is 12.6. The summed E-state index contributed by atoms with van der Waals surface area (Å²) in [5.74, 6) is -0.237. The predicted molar refractivity (Wildman–Crippen MR) is 101 cm³/mol. The molecule has 1 atom stereocenters. The Morgan fingerprint density at radius 2 is 1.96 bits per heavy atom. The van der Waals surface area contributed by atoms with Gasteiger partial charge in [-0.2, -0.15) is 5.10 Å². The molecule has 0 aliphatic rings. The van der Waals surface area contributed by atoms with Gasteiger partial charge in [0.2, 0.25) is 0 Å². The average molecular weight is 366 g/mol. The minimum atomic E-state index is -0.237. The lowest BCUT2D eigenvalue weighted by Crippen LogP contribution is -2.27. The summed E-state index contributed by atoms with van der Waals surface area (Å²) in [5, 5.41) is 8.35.